The van der Waals surface area contributed by atoms with Gasteiger partial charge in [-0.05, 0) is 43.0 Å². The van der Waals surface area contributed by atoms with Crippen molar-refractivity contribution in [2.45, 2.75) is 44.6 Å². The summed E-state index contributed by atoms with van der Waals surface area (Å²) in [7, 11) is 0. The molecule has 5 rings (SSSR count). The normalized spacial score (nSPS) is 15.3. The molecule has 1 aliphatic rings. The molecule has 0 bridgehead atoms. The van der Waals surface area contributed by atoms with Crippen molar-refractivity contribution in [1.82, 2.24) is 14.0 Å². The van der Waals surface area contributed by atoms with Crippen molar-refractivity contribution in [2.75, 3.05) is 6.54 Å². The number of nitrogens with zero attached hydrogens (tertiary/aromatic N) is 4. The third-order valence-electron chi connectivity index (χ3n) is 6.50. The van der Waals surface area contributed by atoms with Crippen molar-refractivity contribution in [3.8, 4) is 0 Å². The van der Waals surface area contributed by atoms with Crippen molar-refractivity contribution >= 4 is 22.5 Å². The maximum atomic E-state index is 13.4. The van der Waals surface area contributed by atoms with Crippen LogP contribution in [0.25, 0.3) is 16.7 Å². The molecule has 7 nitrogen and oxygen atoms in total. The smallest absolute Gasteiger partial charge is 0.267 e. The number of nitrogens with one attached hydrogen (secondary N) is 1. The van der Waals surface area contributed by atoms with E-state index < -0.39 is 0 Å². The maximum absolute atomic E-state index is 13.4. The summed E-state index contributed by atoms with van der Waals surface area (Å²) in [5, 5.41) is 9.50. The van der Waals surface area contributed by atoms with Crippen LogP contribution in [-0.2, 0) is 6.42 Å². The fourth-order valence-corrected chi connectivity index (χ4v) is 4.77. The molecule has 0 saturated heterocycles. The number of hydrogen-bond donors (Lipinski definition) is 2. The van der Waals surface area contributed by atoms with Crippen LogP contribution in [0.2, 0.25) is 0 Å². The van der Waals surface area contributed by atoms with E-state index in [4.69, 9.17) is 16.1 Å². The minimum atomic E-state index is -0.154. The average molecular weight is 441 g/mol. The first-order valence-corrected chi connectivity index (χ1v) is 11.6. The van der Waals surface area contributed by atoms with Crippen LogP contribution in [0.4, 0.5) is 0 Å². The van der Waals surface area contributed by atoms with Gasteiger partial charge < -0.3 is 10.3 Å². The second-order valence-corrected chi connectivity index (χ2v) is 8.65. The first-order chi connectivity index (χ1) is 16.1. The van der Waals surface area contributed by atoms with Gasteiger partial charge in [0.15, 0.2) is 0 Å². The highest BCUT2D eigenvalue weighted by Crippen LogP contribution is 2.29. The monoisotopic (exact) mass is 440 g/mol. The Morgan fingerprint density at radius 1 is 1.09 bits per heavy atom. The van der Waals surface area contributed by atoms with Gasteiger partial charge in [0.05, 0.1) is 10.9 Å². The summed E-state index contributed by atoms with van der Waals surface area (Å²) in [6.07, 6.45) is 7.84. The second-order valence-electron chi connectivity index (χ2n) is 8.65. The van der Waals surface area contributed by atoms with Gasteiger partial charge in [0.2, 0.25) is 0 Å². The molecule has 33 heavy (non-hydrogen) atoms. The number of nitrogens with two attached hydrogens (primary N) is 1. The molecule has 168 valence electrons. The van der Waals surface area contributed by atoms with Gasteiger partial charge >= 0.3 is 0 Å². The fourth-order valence-electron chi connectivity index (χ4n) is 4.77. The zero-order chi connectivity index (χ0) is 22.8. The summed E-state index contributed by atoms with van der Waals surface area (Å²) >= 11 is 0. The number of fused-ring (bicyclic) bond motifs is 2. The topological polar surface area (TPSA) is 102 Å². The Kier molecular flexibility index (Phi) is 5.77. The molecule has 1 aromatic carbocycles. The van der Waals surface area contributed by atoms with Crippen LogP contribution < -0.4 is 16.8 Å². The van der Waals surface area contributed by atoms with E-state index in [1.165, 1.54) is 12.0 Å². The van der Waals surface area contributed by atoms with Crippen LogP contribution in [0.15, 0.2) is 70.6 Å². The SMILES string of the molecule is N=c1c(C(N)=NCCc2ccccc2)cc2c(=O)n3ccccc3nc2n1C1CCCCC1. The van der Waals surface area contributed by atoms with E-state index in [1.54, 1.807) is 16.7 Å². The third kappa shape index (κ3) is 4.06. The fraction of sp³-hybridized carbons (Fsp3) is 0.308. The Morgan fingerprint density at radius 3 is 2.64 bits per heavy atom. The number of benzene rings is 1. The lowest BCUT2D eigenvalue weighted by molar-refractivity contribution is 0.349. The number of hydrogen-bond acceptors (Lipinski definition) is 4. The molecular weight excluding hydrogens is 412 g/mol. The molecule has 1 saturated carbocycles. The third-order valence-corrected chi connectivity index (χ3v) is 6.50. The molecule has 0 aliphatic heterocycles. The van der Waals surface area contributed by atoms with Crippen molar-refractivity contribution in [2.24, 2.45) is 10.7 Å². The zero-order valence-corrected chi connectivity index (χ0v) is 18.6. The van der Waals surface area contributed by atoms with Crippen LogP contribution >= 0.6 is 0 Å². The first kappa shape index (κ1) is 21.1. The van der Waals surface area contributed by atoms with Crippen LogP contribution in [0, 0.1) is 5.41 Å². The number of rotatable bonds is 5. The molecule has 7 heteroatoms. The van der Waals surface area contributed by atoms with Gasteiger partial charge in [-0.1, -0.05) is 55.7 Å². The predicted molar refractivity (Wildman–Crippen MR) is 131 cm³/mol. The molecule has 3 heterocycles. The lowest BCUT2D eigenvalue weighted by Gasteiger charge is -2.26. The summed E-state index contributed by atoms with van der Waals surface area (Å²) < 4.78 is 3.47. The summed E-state index contributed by atoms with van der Waals surface area (Å²) in [6, 6.07) is 17.5. The number of aliphatic imine (C=N–C) groups is 1. The van der Waals surface area contributed by atoms with E-state index in [2.05, 4.69) is 17.1 Å². The molecule has 3 aromatic heterocycles. The Balaban J connectivity index is 1.65. The Bertz CT molecular complexity index is 1450. The highest BCUT2D eigenvalue weighted by atomic mass is 16.1. The quantitative estimate of drug-likeness (QED) is 0.282. The summed E-state index contributed by atoms with van der Waals surface area (Å²) in [4.78, 5) is 22.7. The maximum Gasteiger partial charge on any atom is 0.267 e. The second kappa shape index (κ2) is 9.02. The van der Waals surface area contributed by atoms with E-state index in [1.807, 2.05) is 41.0 Å². The van der Waals surface area contributed by atoms with E-state index in [9.17, 15) is 4.79 Å². The lowest BCUT2D eigenvalue weighted by atomic mass is 9.94. The standard InChI is InChI=1S/C26H28N6O/c27-23(29-15-14-18-9-3-1-4-10-18)20-17-21-25(30-22-13-7-8-16-31(22)26(21)33)32(24(20)28)19-11-5-2-6-12-19/h1,3-4,7-10,13,16-17,19,28H,2,5-6,11-12,14-15H2,(H2,27,29). The molecule has 0 atom stereocenters. The molecule has 1 aliphatic carbocycles. The summed E-state index contributed by atoms with van der Waals surface area (Å²) in [5.41, 5.74) is 9.35. The Hall–Kier alpha value is -3.74. The van der Waals surface area contributed by atoms with Gasteiger partial charge in [-0.15, -0.1) is 0 Å². The minimum absolute atomic E-state index is 0.129. The van der Waals surface area contributed by atoms with E-state index in [-0.39, 0.29) is 17.1 Å². The first-order valence-electron chi connectivity index (χ1n) is 11.6. The van der Waals surface area contributed by atoms with Crippen LogP contribution in [0.5, 0.6) is 0 Å². The predicted octanol–water partition coefficient (Wildman–Crippen LogP) is 3.58. The minimum Gasteiger partial charge on any atom is -0.383 e. The van der Waals surface area contributed by atoms with Crippen molar-refractivity contribution in [3.63, 3.8) is 0 Å². The molecular formula is C26H28N6O. The molecule has 4 aromatic rings. The van der Waals surface area contributed by atoms with Crippen molar-refractivity contribution in [3.05, 3.63) is 87.8 Å². The molecule has 0 unspecified atom stereocenters. The number of pyridine rings is 2. The molecule has 0 amide bonds. The van der Waals surface area contributed by atoms with Crippen LogP contribution in [0.3, 0.4) is 0 Å². The Morgan fingerprint density at radius 2 is 1.85 bits per heavy atom. The van der Waals surface area contributed by atoms with Crippen LogP contribution in [0.1, 0.15) is 49.3 Å². The van der Waals surface area contributed by atoms with E-state index in [0.717, 1.165) is 32.1 Å². The van der Waals surface area contributed by atoms with Gasteiger partial charge in [-0.3, -0.25) is 19.6 Å². The van der Waals surface area contributed by atoms with Gasteiger partial charge in [-0.25, -0.2) is 4.98 Å². The Labute approximate surface area is 191 Å². The zero-order valence-electron chi connectivity index (χ0n) is 18.6. The molecule has 0 spiro atoms. The summed E-state index contributed by atoms with van der Waals surface area (Å²) in [5.74, 6) is 0.292. The van der Waals surface area contributed by atoms with Crippen molar-refractivity contribution < 1.29 is 0 Å². The number of amidine groups is 1. The van der Waals surface area contributed by atoms with E-state index in [0.29, 0.717) is 34.6 Å². The van der Waals surface area contributed by atoms with Gasteiger partial charge in [0.1, 0.15) is 22.6 Å². The van der Waals surface area contributed by atoms with Gasteiger partial charge in [0, 0.05) is 18.8 Å². The molecule has 0 radical (unpaired) electrons. The number of aromatic nitrogens is 3. The highest BCUT2D eigenvalue weighted by molar-refractivity contribution is 5.99. The van der Waals surface area contributed by atoms with Crippen molar-refractivity contribution in [1.29, 1.82) is 5.41 Å². The largest absolute Gasteiger partial charge is 0.383 e. The molecule has 3 N–H and O–H groups in total. The van der Waals surface area contributed by atoms with Crippen LogP contribution in [-0.4, -0.2) is 26.3 Å². The highest BCUT2D eigenvalue weighted by Gasteiger charge is 2.22. The summed E-state index contributed by atoms with van der Waals surface area (Å²) in [6.45, 7) is 0.520. The average Bonchev–Trinajstić information content (AvgIpc) is 2.85. The van der Waals surface area contributed by atoms with E-state index >= 15 is 0 Å². The lowest BCUT2D eigenvalue weighted by Crippen LogP contribution is -2.35. The van der Waals surface area contributed by atoms with Gasteiger partial charge in [0.25, 0.3) is 5.56 Å². The molecule has 1 fully saturated rings. The van der Waals surface area contributed by atoms with Gasteiger partial charge in [-0.2, -0.15) is 0 Å².